The van der Waals surface area contributed by atoms with Gasteiger partial charge < -0.3 is 19.8 Å². The molecule has 2 aromatic heterocycles. The Morgan fingerprint density at radius 1 is 1.48 bits per heavy atom. The van der Waals surface area contributed by atoms with E-state index in [1.165, 1.54) is 0 Å². The molecule has 0 radical (unpaired) electrons. The summed E-state index contributed by atoms with van der Waals surface area (Å²) in [4.78, 5) is 16.9. The number of pyridine rings is 1. The van der Waals surface area contributed by atoms with Crippen LogP contribution in [0.15, 0.2) is 24.5 Å². The minimum atomic E-state index is -0.0941. The zero-order chi connectivity index (χ0) is 17.6. The third-order valence-electron chi connectivity index (χ3n) is 5.78. The number of carbonyl (C=O) groups excluding carboxylic acids is 1. The lowest BCUT2D eigenvalue weighted by Gasteiger charge is -2.54. The van der Waals surface area contributed by atoms with Crippen molar-refractivity contribution in [3.63, 3.8) is 0 Å². The van der Waals surface area contributed by atoms with Crippen molar-refractivity contribution in [2.45, 2.75) is 45.8 Å². The molecule has 6 heteroatoms. The van der Waals surface area contributed by atoms with Gasteiger partial charge in [0.25, 0.3) is 0 Å². The summed E-state index contributed by atoms with van der Waals surface area (Å²) in [5.41, 5.74) is 3.13. The quantitative estimate of drug-likeness (QED) is 0.896. The van der Waals surface area contributed by atoms with Crippen LogP contribution in [0.2, 0.25) is 0 Å². The van der Waals surface area contributed by atoms with Crippen LogP contribution in [0.3, 0.4) is 0 Å². The molecule has 0 bridgehead atoms. The fourth-order valence-corrected chi connectivity index (χ4v) is 4.44. The molecule has 2 aromatic rings. The number of nitrogens with one attached hydrogen (secondary N) is 2. The Morgan fingerprint density at radius 2 is 2.32 bits per heavy atom. The number of rotatable bonds is 4. The molecule has 2 amide bonds. The molecule has 3 heterocycles. The predicted molar refractivity (Wildman–Crippen MR) is 95.6 cm³/mol. The van der Waals surface area contributed by atoms with Crippen molar-refractivity contribution >= 4 is 11.7 Å². The molecule has 0 aromatic carbocycles. The number of urea groups is 1. The van der Waals surface area contributed by atoms with Crippen molar-refractivity contribution in [3.05, 3.63) is 35.8 Å². The van der Waals surface area contributed by atoms with Crippen LogP contribution in [0.4, 0.5) is 4.79 Å². The van der Waals surface area contributed by atoms with Crippen molar-refractivity contribution < 1.29 is 9.53 Å². The molecule has 1 saturated heterocycles. The molecule has 0 unspecified atom stereocenters. The Morgan fingerprint density at radius 3 is 3.12 bits per heavy atom. The number of fused-ring (bicyclic) bond motifs is 2. The first-order chi connectivity index (χ1) is 12.0. The Hall–Kier alpha value is -2.08. The Labute approximate surface area is 148 Å². The second-order valence-electron chi connectivity index (χ2n) is 7.85. The maximum Gasteiger partial charge on any atom is 0.315 e. The highest BCUT2D eigenvalue weighted by atomic mass is 16.5. The first-order valence-electron chi connectivity index (χ1n) is 9.06. The van der Waals surface area contributed by atoms with Gasteiger partial charge in [-0.1, -0.05) is 19.9 Å². The molecule has 2 fully saturated rings. The van der Waals surface area contributed by atoms with E-state index in [2.05, 4.69) is 42.5 Å². The van der Waals surface area contributed by atoms with Gasteiger partial charge in [-0.3, -0.25) is 0 Å². The van der Waals surface area contributed by atoms with Crippen LogP contribution in [-0.4, -0.2) is 40.7 Å². The molecule has 1 aliphatic carbocycles. The maximum atomic E-state index is 12.3. The molecule has 2 N–H and O–H groups in total. The summed E-state index contributed by atoms with van der Waals surface area (Å²) in [7, 11) is 0. The van der Waals surface area contributed by atoms with E-state index in [-0.39, 0.29) is 17.5 Å². The molecular formula is C19H26N4O2. The van der Waals surface area contributed by atoms with E-state index in [1.807, 2.05) is 22.9 Å². The lowest BCUT2D eigenvalue weighted by Crippen LogP contribution is -2.67. The van der Waals surface area contributed by atoms with Crippen molar-refractivity contribution in [2.75, 3.05) is 13.2 Å². The van der Waals surface area contributed by atoms with Gasteiger partial charge in [0.2, 0.25) is 0 Å². The van der Waals surface area contributed by atoms with Crippen LogP contribution in [0.5, 0.6) is 0 Å². The van der Waals surface area contributed by atoms with Gasteiger partial charge in [0, 0.05) is 49.3 Å². The van der Waals surface area contributed by atoms with Gasteiger partial charge in [-0.05, 0) is 25.0 Å². The van der Waals surface area contributed by atoms with Crippen LogP contribution in [0.25, 0.3) is 5.65 Å². The molecule has 4 rings (SSSR count). The SMILES string of the molecule is Cc1cccn2cc(CCNC(=O)N[C@@H]3[C@H]4CCO[C@@H]4C3(C)C)nc12. The number of amides is 2. The zero-order valence-electron chi connectivity index (χ0n) is 15.1. The standard InChI is InChI=1S/C19H26N4O2/c1-12-5-4-9-23-11-13(21-17(12)23)6-8-20-18(24)22-15-14-7-10-25-16(14)19(15,2)3/h4-5,9,11,14-16H,6-8,10H2,1-3H3,(H2,20,22,24)/t14-,15-,16+/m1/s1. The van der Waals surface area contributed by atoms with Crippen LogP contribution < -0.4 is 10.6 Å². The smallest absolute Gasteiger partial charge is 0.315 e. The Balaban J connectivity index is 1.29. The number of hydrogen-bond donors (Lipinski definition) is 2. The molecule has 134 valence electrons. The molecule has 6 nitrogen and oxygen atoms in total. The van der Waals surface area contributed by atoms with E-state index in [0.29, 0.717) is 18.6 Å². The number of imidazole rings is 1. The van der Waals surface area contributed by atoms with Gasteiger partial charge in [-0.25, -0.2) is 9.78 Å². The monoisotopic (exact) mass is 342 g/mol. The van der Waals surface area contributed by atoms with E-state index in [0.717, 1.165) is 36.4 Å². The van der Waals surface area contributed by atoms with Gasteiger partial charge >= 0.3 is 6.03 Å². The van der Waals surface area contributed by atoms with Crippen molar-refractivity contribution in [2.24, 2.45) is 11.3 Å². The predicted octanol–water partition coefficient (Wildman–Crippen LogP) is 2.30. The average Bonchev–Trinajstić information content (AvgIpc) is 3.18. The summed E-state index contributed by atoms with van der Waals surface area (Å²) >= 11 is 0. The number of aryl methyl sites for hydroxylation is 1. The van der Waals surface area contributed by atoms with Crippen molar-refractivity contribution in [3.8, 4) is 0 Å². The number of aromatic nitrogens is 2. The van der Waals surface area contributed by atoms with Crippen molar-refractivity contribution in [1.82, 2.24) is 20.0 Å². The fraction of sp³-hybridized carbons (Fsp3) is 0.579. The molecule has 2 aliphatic rings. The number of carbonyl (C=O) groups is 1. The Kier molecular flexibility index (Phi) is 3.95. The minimum Gasteiger partial charge on any atom is -0.377 e. The van der Waals surface area contributed by atoms with Gasteiger partial charge in [0.1, 0.15) is 5.65 Å². The lowest BCUT2D eigenvalue weighted by molar-refractivity contribution is -0.108. The van der Waals surface area contributed by atoms with Crippen LogP contribution in [0, 0.1) is 18.3 Å². The normalized spacial score (nSPS) is 26.9. The summed E-state index contributed by atoms with van der Waals surface area (Å²) in [6.07, 6.45) is 6.08. The van der Waals surface area contributed by atoms with Crippen LogP contribution in [-0.2, 0) is 11.2 Å². The highest BCUT2D eigenvalue weighted by molar-refractivity contribution is 5.74. The lowest BCUT2D eigenvalue weighted by atomic mass is 9.57. The third kappa shape index (κ3) is 2.78. The van der Waals surface area contributed by atoms with Gasteiger partial charge in [0.15, 0.2) is 0 Å². The van der Waals surface area contributed by atoms with Gasteiger partial charge in [0.05, 0.1) is 11.8 Å². The minimum absolute atomic E-state index is 0.0115. The van der Waals surface area contributed by atoms with E-state index < -0.39 is 0 Å². The van der Waals surface area contributed by atoms with Gasteiger partial charge in [-0.15, -0.1) is 0 Å². The second kappa shape index (κ2) is 6.02. The number of ether oxygens (including phenoxy) is 1. The zero-order valence-corrected chi connectivity index (χ0v) is 15.1. The molecule has 3 atom stereocenters. The molecule has 25 heavy (non-hydrogen) atoms. The molecular weight excluding hydrogens is 316 g/mol. The van der Waals surface area contributed by atoms with E-state index >= 15 is 0 Å². The summed E-state index contributed by atoms with van der Waals surface area (Å²) < 4.78 is 7.80. The first kappa shape index (κ1) is 16.4. The van der Waals surface area contributed by atoms with E-state index in [4.69, 9.17) is 4.74 Å². The summed E-state index contributed by atoms with van der Waals surface area (Å²) in [5.74, 6) is 0.460. The van der Waals surface area contributed by atoms with E-state index in [1.54, 1.807) is 0 Å². The highest BCUT2D eigenvalue weighted by Gasteiger charge is 2.59. The number of nitrogens with zero attached hydrogens (tertiary/aromatic N) is 2. The highest BCUT2D eigenvalue weighted by Crippen LogP contribution is 2.51. The fourth-order valence-electron chi connectivity index (χ4n) is 4.44. The third-order valence-corrected chi connectivity index (χ3v) is 5.78. The van der Waals surface area contributed by atoms with Crippen LogP contribution in [0.1, 0.15) is 31.5 Å². The first-order valence-corrected chi connectivity index (χ1v) is 9.06. The largest absolute Gasteiger partial charge is 0.377 e. The number of hydrogen-bond acceptors (Lipinski definition) is 3. The topological polar surface area (TPSA) is 67.7 Å². The summed E-state index contributed by atoms with van der Waals surface area (Å²) in [5, 5.41) is 6.11. The Bertz CT molecular complexity index is 798. The summed E-state index contributed by atoms with van der Waals surface area (Å²) in [6, 6.07) is 4.17. The summed E-state index contributed by atoms with van der Waals surface area (Å²) in [6.45, 7) is 7.78. The molecule has 1 aliphatic heterocycles. The van der Waals surface area contributed by atoms with E-state index in [9.17, 15) is 4.79 Å². The molecule has 0 spiro atoms. The maximum absolute atomic E-state index is 12.3. The average molecular weight is 342 g/mol. The second-order valence-corrected chi connectivity index (χ2v) is 7.85. The molecule has 1 saturated carbocycles. The van der Waals surface area contributed by atoms with Crippen molar-refractivity contribution in [1.29, 1.82) is 0 Å². The van der Waals surface area contributed by atoms with Crippen LogP contribution >= 0.6 is 0 Å². The van der Waals surface area contributed by atoms with Gasteiger partial charge in [-0.2, -0.15) is 0 Å².